The normalized spacial score (nSPS) is 11.9. The lowest BCUT2D eigenvalue weighted by molar-refractivity contribution is -0.00936. The molecule has 0 saturated carbocycles. The highest BCUT2D eigenvalue weighted by atomic mass is 32.1. The van der Waals surface area contributed by atoms with Crippen molar-refractivity contribution in [2.75, 3.05) is 26.9 Å². The summed E-state index contributed by atoms with van der Waals surface area (Å²) in [6.07, 6.45) is 0.925. The van der Waals surface area contributed by atoms with Crippen LogP contribution in [0.4, 0.5) is 0 Å². The number of methoxy groups -OCH3 is 1. The van der Waals surface area contributed by atoms with Gasteiger partial charge < -0.3 is 14.8 Å². The van der Waals surface area contributed by atoms with E-state index in [1.807, 2.05) is 0 Å². The monoisotopic (exact) mass is 257 g/mol. The summed E-state index contributed by atoms with van der Waals surface area (Å²) in [5.41, 5.74) is -0.0790. The Morgan fingerprint density at radius 1 is 1.35 bits per heavy atom. The van der Waals surface area contributed by atoms with Gasteiger partial charge in [-0.05, 0) is 31.7 Å². The van der Waals surface area contributed by atoms with Crippen LogP contribution in [-0.4, -0.2) is 32.5 Å². The van der Waals surface area contributed by atoms with Gasteiger partial charge in [-0.25, -0.2) is 0 Å². The maximum absolute atomic E-state index is 5.55. The molecule has 17 heavy (non-hydrogen) atoms. The van der Waals surface area contributed by atoms with Gasteiger partial charge in [-0.15, -0.1) is 11.3 Å². The molecule has 0 aliphatic heterocycles. The molecule has 0 aromatic carbocycles. The molecule has 0 radical (unpaired) electrons. The lowest BCUT2D eigenvalue weighted by Gasteiger charge is -2.22. The van der Waals surface area contributed by atoms with Gasteiger partial charge in [0.15, 0.2) is 0 Å². The fraction of sp³-hybridized carbons (Fsp3) is 0.692. The second-order valence-electron chi connectivity index (χ2n) is 4.58. The summed E-state index contributed by atoms with van der Waals surface area (Å²) in [7, 11) is 1.74. The molecule has 3 nitrogen and oxygen atoms in total. The van der Waals surface area contributed by atoms with Crippen molar-refractivity contribution < 1.29 is 9.47 Å². The first-order chi connectivity index (χ1) is 8.14. The second kappa shape index (κ2) is 7.82. The Balaban J connectivity index is 1.91. The Morgan fingerprint density at radius 2 is 2.18 bits per heavy atom. The van der Waals surface area contributed by atoms with Crippen LogP contribution in [0.25, 0.3) is 0 Å². The summed E-state index contributed by atoms with van der Waals surface area (Å²) in [6.45, 7) is 7.49. The summed E-state index contributed by atoms with van der Waals surface area (Å²) in [6, 6.07) is 4.21. The van der Waals surface area contributed by atoms with Crippen LogP contribution in [0.3, 0.4) is 0 Å². The Kier molecular flexibility index (Phi) is 6.73. The Hall–Kier alpha value is -0.420. The molecule has 0 atom stereocenters. The van der Waals surface area contributed by atoms with Gasteiger partial charge >= 0.3 is 0 Å². The van der Waals surface area contributed by atoms with E-state index in [1.165, 1.54) is 4.88 Å². The summed E-state index contributed by atoms with van der Waals surface area (Å²) in [5.74, 6) is 0. The fourth-order valence-electron chi connectivity index (χ4n) is 1.29. The minimum absolute atomic E-state index is 0.0790. The number of nitrogens with one attached hydrogen (secondary N) is 1. The standard InChI is InChI=1S/C13H23NO2S/c1-13(2,15-3)6-8-16-9-7-14-11-12-5-4-10-17-12/h4-5,10,14H,6-9,11H2,1-3H3. The van der Waals surface area contributed by atoms with Crippen LogP contribution in [0.1, 0.15) is 25.1 Å². The summed E-state index contributed by atoms with van der Waals surface area (Å²) < 4.78 is 10.9. The summed E-state index contributed by atoms with van der Waals surface area (Å²) in [5, 5.41) is 5.45. The quantitative estimate of drug-likeness (QED) is 0.690. The van der Waals surface area contributed by atoms with Crippen molar-refractivity contribution >= 4 is 11.3 Å². The molecule has 1 aromatic rings. The van der Waals surface area contributed by atoms with Crippen molar-refractivity contribution in [3.05, 3.63) is 22.4 Å². The van der Waals surface area contributed by atoms with Crippen LogP contribution < -0.4 is 5.32 Å². The number of hydrogen-bond acceptors (Lipinski definition) is 4. The molecule has 4 heteroatoms. The van der Waals surface area contributed by atoms with E-state index in [0.29, 0.717) is 0 Å². The smallest absolute Gasteiger partial charge is 0.0644 e. The summed E-state index contributed by atoms with van der Waals surface area (Å²) in [4.78, 5) is 1.37. The predicted octanol–water partition coefficient (Wildman–Crippen LogP) is 2.67. The zero-order valence-electron chi connectivity index (χ0n) is 11.0. The third-order valence-corrected chi connectivity index (χ3v) is 3.58. The molecule has 1 rings (SSSR count). The van der Waals surface area contributed by atoms with Crippen LogP contribution >= 0.6 is 11.3 Å². The minimum atomic E-state index is -0.0790. The van der Waals surface area contributed by atoms with Crippen molar-refractivity contribution in [2.24, 2.45) is 0 Å². The van der Waals surface area contributed by atoms with Crippen LogP contribution in [-0.2, 0) is 16.0 Å². The highest BCUT2D eigenvalue weighted by molar-refractivity contribution is 7.09. The first-order valence-corrected chi connectivity index (χ1v) is 6.88. The lowest BCUT2D eigenvalue weighted by Crippen LogP contribution is -2.25. The first-order valence-electron chi connectivity index (χ1n) is 6.00. The van der Waals surface area contributed by atoms with Crippen molar-refractivity contribution in [3.8, 4) is 0 Å². The third kappa shape index (κ3) is 6.78. The maximum Gasteiger partial charge on any atom is 0.0644 e. The molecule has 0 unspecified atom stereocenters. The van der Waals surface area contributed by atoms with E-state index < -0.39 is 0 Å². The molecule has 0 fully saturated rings. The van der Waals surface area contributed by atoms with E-state index in [2.05, 4.69) is 36.7 Å². The maximum atomic E-state index is 5.55. The Morgan fingerprint density at radius 3 is 2.82 bits per heavy atom. The average Bonchev–Trinajstić information content (AvgIpc) is 2.81. The molecule has 0 bridgehead atoms. The number of thiophene rings is 1. The Labute approximate surface area is 108 Å². The lowest BCUT2D eigenvalue weighted by atomic mass is 10.1. The molecule has 0 spiro atoms. The molecule has 1 aromatic heterocycles. The average molecular weight is 257 g/mol. The number of ether oxygens (including phenoxy) is 2. The van der Waals surface area contributed by atoms with Crippen LogP contribution in [0.15, 0.2) is 17.5 Å². The molecule has 0 amide bonds. The van der Waals surface area contributed by atoms with Crippen molar-refractivity contribution in [3.63, 3.8) is 0 Å². The highest BCUT2D eigenvalue weighted by Crippen LogP contribution is 2.12. The molecular formula is C13H23NO2S. The SMILES string of the molecule is COC(C)(C)CCOCCNCc1cccs1. The molecule has 98 valence electrons. The molecule has 1 heterocycles. The molecule has 1 N–H and O–H groups in total. The van der Waals surface area contributed by atoms with Gasteiger partial charge in [-0.1, -0.05) is 6.07 Å². The highest BCUT2D eigenvalue weighted by Gasteiger charge is 2.15. The van der Waals surface area contributed by atoms with Crippen LogP contribution in [0.2, 0.25) is 0 Å². The van der Waals surface area contributed by atoms with Gasteiger partial charge in [-0.2, -0.15) is 0 Å². The van der Waals surface area contributed by atoms with Gasteiger partial charge in [0.2, 0.25) is 0 Å². The number of rotatable bonds is 9. The molecule has 0 saturated heterocycles. The first kappa shape index (κ1) is 14.6. The largest absolute Gasteiger partial charge is 0.380 e. The van der Waals surface area contributed by atoms with Crippen LogP contribution in [0.5, 0.6) is 0 Å². The van der Waals surface area contributed by atoms with Gasteiger partial charge in [0.1, 0.15) is 0 Å². The van der Waals surface area contributed by atoms with E-state index in [0.717, 1.165) is 32.7 Å². The predicted molar refractivity (Wildman–Crippen MR) is 72.5 cm³/mol. The second-order valence-corrected chi connectivity index (χ2v) is 5.61. The Bertz CT molecular complexity index is 286. The van der Waals surface area contributed by atoms with Gasteiger partial charge in [0.05, 0.1) is 12.2 Å². The molecule has 0 aliphatic rings. The minimum Gasteiger partial charge on any atom is -0.380 e. The third-order valence-electron chi connectivity index (χ3n) is 2.70. The molecule has 0 aliphatic carbocycles. The van der Waals surface area contributed by atoms with Crippen molar-refractivity contribution in [1.82, 2.24) is 5.32 Å². The van der Waals surface area contributed by atoms with E-state index >= 15 is 0 Å². The van der Waals surface area contributed by atoms with E-state index in [-0.39, 0.29) is 5.60 Å². The zero-order chi connectivity index (χ0) is 12.6. The topological polar surface area (TPSA) is 30.5 Å². The van der Waals surface area contributed by atoms with Gasteiger partial charge in [0.25, 0.3) is 0 Å². The fourth-order valence-corrected chi connectivity index (χ4v) is 1.97. The van der Waals surface area contributed by atoms with Crippen molar-refractivity contribution in [2.45, 2.75) is 32.4 Å². The van der Waals surface area contributed by atoms with Gasteiger partial charge in [-0.3, -0.25) is 0 Å². The van der Waals surface area contributed by atoms with E-state index in [1.54, 1.807) is 18.4 Å². The number of hydrogen-bond donors (Lipinski definition) is 1. The van der Waals surface area contributed by atoms with Crippen molar-refractivity contribution in [1.29, 1.82) is 0 Å². The summed E-state index contributed by atoms with van der Waals surface area (Å²) >= 11 is 1.78. The molecular weight excluding hydrogens is 234 g/mol. The zero-order valence-corrected chi connectivity index (χ0v) is 11.8. The van der Waals surface area contributed by atoms with Gasteiger partial charge in [0, 0.05) is 31.7 Å². The van der Waals surface area contributed by atoms with E-state index in [4.69, 9.17) is 9.47 Å². The van der Waals surface area contributed by atoms with E-state index in [9.17, 15) is 0 Å². The van der Waals surface area contributed by atoms with Crippen LogP contribution in [0, 0.1) is 0 Å².